The van der Waals surface area contributed by atoms with Crippen molar-refractivity contribution in [3.8, 4) is 0 Å². The summed E-state index contributed by atoms with van der Waals surface area (Å²) in [6.45, 7) is 3.57. The molecule has 4 rings (SSSR count). The molecular weight excluding hydrogens is 320 g/mol. The van der Waals surface area contributed by atoms with Crippen molar-refractivity contribution in [2.45, 2.75) is 25.7 Å². The minimum absolute atomic E-state index is 0.158. The molecule has 1 amide bonds. The highest BCUT2D eigenvalue weighted by Gasteiger charge is 2.29. The number of hydrogen-bond acceptors (Lipinski definition) is 4. The number of amides is 1. The van der Waals surface area contributed by atoms with E-state index in [1.807, 2.05) is 41.1 Å². The van der Waals surface area contributed by atoms with Crippen LogP contribution in [0.3, 0.4) is 0 Å². The minimum Gasteiger partial charge on any atom is -0.337 e. The van der Waals surface area contributed by atoms with Crippen molar-refractivity contribution in [2.24, 2.45) is 7.05 Å². The van der Waals surface area contributed by atoms with Gasteiger partial charge in [-0.05, 0) is 48.9 Å². The van der Waals surface area contributed by atoms with E-state index in [-0.39, 0.29) is 11.8 Å². The molecule has 1 unspecified atom stereocenters. The van der Waals surface area contributed by atoms with E-state index in [9.17, 15) is 4.79 Å². The lowest BCUT2D eigenvalue weighted by molar-refractivity contribution is 0.0710. The summed E-state index contributed by atoms with van der Waals surface area (Å²) in [5.74, 6) is 0.432. The van der Waals surface area contributed by atoms with Crippen LogP contribution < -0.4 is 0 Å². The zero-order chi connectivity index (χ0) is 16.7. The smallest absolute Gasteiger partial charge is 0.264 e. The number of hydrogen-bond donors (Lipinski definition) is 0. The minimum atomic E-state index is 0.158. The van der Waals surface area contributed by atoms with Crippen LogP contribution in [0.25, 0.3) is 11.0 Å². The Balaban J connectivity index is 1.63. The van der Waals surface area contributed by atoms with Gasteiger partial charge in [0.15, 0.2) is 5.65 Å². The number of aryl methyl sites for hydroxylation is 2. The predicted molar refractivity (Wildman–Crippen MR) is 95.4 cm³/mol. The van der Waals surface area contributed by atoms with Gasteiger partial charge in [-0.2, -0.15) is 5.10 Å². The van der Waals surface area contributed by atoms with Crippen molar-refractivity contribution >= 4 is 28.3 Å². The summed E-state index contributed by atoms with van der Waals surface area (Å²) >= 11 is 1.53. The molecule has 124 valence electrons. The van der Waals surface area contributed by atoms with E-state index in [0.717, 1.165) is 53.1 Å². The van der Waals surface area contributed by atoms with Gasteiger partial charge >= 0.3 is 0 Å². The van der Waals surface area contributed by atoms with Crippen molar-refractivity contribution in [1.29, 1.82) is 0 Å². The summed E-state index contributed by atoms with van der Waals surface area (Å²) in [5, 5.41) is 7.80. The first-order chi connectivity index (χ1) is 11.6. The Morgan fingerprint density at radius 1 is 1.38 bits per heavy atom. The fourth-order valence-electron chi connectivity index (χ4n) is 3.54. The second-order valence-corrected chi connectivity index (χ2v) is 7.32. The number of piperidine rings is 1. The zero-order valence-corrected chi connectivity index (χ0v) is 14.7. The number of pyridine rings is 1. The summed E-state index contributed by atoms with van der Waals surface area (Å²) in [5.41, 5.74) is 3.05. The van der Waals surface area contributed by atoms with Gasteiger partial charge in [0.1, 0.15) is 0 Å². The maximum absolute atomic E-state index is 12.8. The Bertz CT molecular complexity index is 897. The molecule has 1 aliphatic heterocycles. The molecule has 0 radical (unpaired) electrons. The normalized spacial score (nSPS) is 18.2. The number of carbonyl (C=O) groups is 1. The van der Waals surface area contributed by atoms with Crippen LogP contribution in [-0.2, 0) is 7.05 Å². The zero-order valence-electron chi connectivity index (χ0n) is 13.9. The second-order valence-electron chi connectivity index (χ2n) is 6.41. The van der Waals surface area contributed by atoms with Gasteiger partial charge in [0.05, 0.1) is 10.6 Å². The lowest BCUT2D eigenvalue weighted by Crippen LogP contribution is -2.39. The van der Waals surface area contributed by atoms with E-state index in [1.54, 1.807) is 6.20 Å². The molecule has 0 N–H and O–H groups in total. The fourth-order valence-corrected chi connectivity index (χ4v) is 4.43. The molecule has 1 saturated heterocycles. The molecule has 5 nitrogen and oxygen atoms in total. The SMILES string of the molecule is Cc1ccsc1C(=O)N1CCCC(c2nn(C)c3ncccc23)C1. The predicted octanol–water partition coefficient (Wildman–Crippen LogP) is 3.36. The standard InChI is InChI=1S/C18H20N4OS/c1-12-7-10-24-16(12)18(23)22-9-4-5-13(11-22)15-14-6-3-8-19-17(14)21(2)20-15/h3,6-8,10,13H,4-5,9,11H2,1-2H3. The lowest BCUT2D eigenvalue weighted by Gasteiger charge is -2.32. The number of likely N-dealkylation sites (tertiary alicyclic amines) is 1. The Kier molecular flexibility index (Phi) is 3.84. The molecule has 1 fully saturated rings. The highest BCUT2D eigenvalue weighted by atomic mass is 32.1. The molecule has 24 heavy (non-hydrogen) atoms. The first-order valence-corrected chi connectivity index (χ1v) is 9.14. The van der Waals surface area contributed by atoms with E-state index in [0.29, 0.717) is 0 Å². The molecule has 6 heteroatoms. The van der Waals surface area contributed by atoms with Crippen LogP contribution in [0, 0.1) is 6.92 Å². The van der Waals surface area contributed by atoms with E-state index in [1.165, 1.54) is 11.3 Å². The molecule has 1 aliphatic rings. The van der Waals surface area contributed by atoms with Crippen LogP contribution in [-0.4, -0.2) is 38.7 Å². The van der Waals surface area contributed by atoms with Crippen LogP contribution in [0.4, 0.5) is 0 Å². The Morgan fingerprint density at radius 3 is 3.04 bits per heavy atom. The third-order valence-electron chi connectivity index (χ3n) is 4.78. The van der Waals surface area contributed by atoms with E-state index >= 15 is 0 Å². The molecular formula is C18H20N4OS. The van der Waals surface area contributed by atoms with Crippen molar-refractivity contribution in [3.05, 3.63) is 45.9 Å². The molecule has 0 bridgehead atoms. The quantitative estimate of drug-likeness (QED) is 0.719. The summed E-state index contributed by atoms with van der Waals surface area (Å²) in [6, 6.07) is 6.04. The molecule has 1 atom stereocenters. The Hall–Kier alpha value is -2.21. The topological polar surface area (TPSA) is 51.0 Å². The van der Waals surface area contributed by atoms with Gasteiger partial charge in [-0.15, -0.1) is 11.3 Å². The lowest BCUT2D eigenvalue weighted by atomic mass is 9.93. The van der Waals surface area contributed by atoms with Crippen molar-refractivity contribution in [1.82, 2.24) is 19.7 Å². The van der Waals surface area contributed by atoms with Crippen LogP contribution in [0.2, 0.25) is 0 Å². The van der Waals surface area contributed by atoms with Gasteiger partial charge < -0.3 is 4.90 Å². The monoisotopic (exact) mass is 340 g/mol. The maximum atomic E-state index is 12.8. The van der Waals surface area contributed by atoms with Crippen molar-refractivity contribution in [2.75, 3.05) is 13.1 Å². The fraction of sp³-hybridized carbons (Fsp3) is 0.389. The summed E-state index contributed by atoms with van der Waals surface area (Å²) in [7, 11) is 1.93. The average Bonchev–Trinajstić information content (AvgIpc) is 3.18. The molecule has 3 aromatic heterocycles. The summed E-state index contributed by atoms with van der Waals surface area (Å²) in [4.78, 5) is 20.1. The second kappa shape index (κ2) is 6.02. The largest absolute Gasteiger partial charge is 0.337 e. The molecule has 0 aliphatic carbocycles. The van der Waals surface area contributed by atoms with Crippen LogP contribution in [0.1, 0.15) is 39.7 Å². The average molecular weight is 340 g/mol. The number of rotatable bonds is 2. The number of carbonyl (C=O) groups excluding carboxylic acids is 1. The Morgan fingerprint density at radius 2 is 2.25 bits per heavy atom. The third kappa shape index (κ3) is 2.51. The van der Waals surface area contributed by atoms with Gasteiger partial charge in [0.25, 0.3) is 5.91 Å². The summed E-state index contributed by atoms with van der Waals surface area (Å²) < 4.78 is 1.84. The van der Waals surface area contributed by atoms with Gasteiger partial charge in [-0.1, -0.05) is 0 Å². The van der Waals surface area contributed by atoms with Crippen LogP contribution >= 0.6 is 11.3 Å². The first kappa shape index (κ1) is 15.3. The highest BCUT2D eigenvalue weighted by molar-refractivity contribution is 7.12. The summed E-state index contributed by atoms with van der Waals surface area (Å²) in [6.07, 6.45) is 3.87. The van der Waals surface area contributed by atoms with Gasteiger partial charge in [-0.25, -0.2) is 4.98 Å². The maximum Gasteiger partial charge on any atom is 0.264 e. The number of aromatic nitrogens is 3. The highest BCUT2D eigenvalue weighted by Crippen LogP contribution is 2.32. The van der Waals surface area contributed by atoms with E-state index < -0.39 is 0 Å². The van der Waals surface area contributed by atoms with Crippen molar-refractivity contribution < 1.29 is 4.79 Å². The van der Waals surface area contributed by atoms with E-state index in [4.69, 9.17) is 5.10 Å². The molecule has 0 saturated carbocycles. The molecule has 0 spiro atoms. The van der Waals surface area contributed by atoms with Crippen molar-refractivity contribution in [3.63, 3.8) is 0 Å². The number of nitrogens with zero attached hydrogens (tertiary/aromatic N) is 4. The van der Waals surface area contributed by atoms with Gasteiger partial charge in [0, 0.05) is 37.6 Å². The first-order valence-electron chi connectivity index (χ1n) is 8.26. The number of fused-ring (bicyclic) bond motifs is 1. The number of thiophene rings is 1. The van der Waals surface area contributed by atoms with Gasteiger partial charge in [0.2, 0.25) is 0 Å². The van der Waals surface area contributed by atoms with Crippen LogP contribution in [0.5, 0.6) is 0 Å². The molecule has 4 heterocycles. The Labute approximate surface area is 144 Å². The molecule has 3 aromatic rings. The van der Waals surface area contributed by atoms with E-state index in [2.05, 4.69) is 11.1 Å². The van der Waals surface area contributed by atoms with Gasteiger partial charge in [-0.3, -0.25) is 9.48 Å². The third-order valence-corrected chi connectivity index (χ3v) is 5.78. The van der Waals surface area contributed by atoms with Crippen LogP contribution in [0.15, 0.2) is 29.8 Å². The molecule has 0 aromatic carbocycles.